The number of para-hydroxylation sites is 2. The summed E-state index contributed by atoms with van der Waals surface area (Å²) in [6.45, 7) is 3.71. The number of aromatic nitrogens is 2. The molecule has 2 rings (SSSR count). The van der Waals surface area contributed by atoms with Crippen molar-refractivity contribution in [3.8, 4) is 5.75 Å². The fourth-order valence-corrected chi connectivity index (χ4v) is 2.18. The molecule has 2 aromatic rings. The molecule has 24 heavy (non-hydrogen) atoms. The molecule has 9 nitrogen and oxygen atoms in total. The van der Waals surface area contributed by atoms with Crippen LogP contribution in [0.15, 0.2) is 24.3 Å². The predicted octanol–water partition coefficient (Wildman–Crippen LogP) is 1.60. The number of hydrogen-bond donors (Lipinski definition) is 2. The van der Waals surface area contributed by atoms with Gasteiger partial charge in [0, 0.05) is 12.6 Å². The number of amides is 1. The van der Waals surface area contributed by atoms with Crippen molar-refractivity contribution >= 4 is 17.5 Å². The van der Waals surface area contributed by atoms with Gasteiger partial charge in [-0.3, -0.25) is 14.9 Å². The lowest BCUT2D eigenvalue weighted by Crippen LogP contribution is -2.26. The number of hydrogen-bond acceptors (Lipinski definition) is 7. The summed E-state index contributed by atoms with van der Waals surface area (Å²) in [4.78, 5) is 30.7. The number of nitrogens with zero attached hydrogens (tertiary/aromatic N) is 3. The molecule has 0 fully saturated rings. The van der Waals surface area contributed by atoms with Crippen LogP contribution >= 0.6 is 0 Å². The Kier molecular flexibility index (Phi) is 5.25. The Hall–Kier alpha value is -3.23. The largest absolute Gasteiger partial charge is 0.480 e. The van der Waals surface area contributed by atoms with Crippen LogP contribution in [0.5, 0.6) is 5.75 Å². The van der Waals surface area contributed by atoms with E-state index in [4.69, 9.17) is 10.5 Å². The second-order valence-corrected chi connectivity index (χ2v) is 4.86. The molecule has 0 aliphatic heterocycles. The predicted molar refractivity (Wildman–Crippen MR) is 86.6 cm³/mol. The number of aryl methyl sites for hydroxylation is 1. The van der Waals surface area contributed by atoms with E-state index >= 15 is 0 Å². The number of benzene rings is 1. The molecule has 0 saturated heterocycles. The maximum absolute atomic E-state index is 12.2. The maximum atomic E-state index is 12.2. The number of carbonyl (C=O) groups is 1. The minimum absolute atomic E-state index is 0.00158. The van der Waals surface area contributed by atoms with Crippen molar-refractivity contribution in [3.63, 3.8) is 0 Å². The minimum atomic E-state index is -0.542. The van der Waals surface area contributed by atoms with Crippen molar-refractivity contribution < 1.29 is 14.5 Å². The monoisotopic (exact) mass is 331 g/mol. The first-order valence-electron chi connectivity index (χ1n) is 7.21. The van der Waals surface area contributed by atoms with Crippen LogP contribution in [0.25, 0.3) is 0 Å². The van der Waals surface area contributed by atoms with E-state index in [1.165, 1.54) is 18.2 Å². The number of nitro benzene ring substituents is 1. The molecule has 3 N–H and O–H groups in total. The normalized spacial score (nSPS) is 10.2. The molecule has 0 saturated carbocycles. The summed E-state index contributed by atoms with van der Waals surface area (Å²) in [7, 11) is 0. The van der Waals surface area contributed by atoms with Crippen LogP contribution < -0.4 is 15.8 Å². The third kappa shape index (κ3) is 3.75. The van der Waals surface area contributed by atoms with Crippen LogP contribution in [-0.2, 0) is 6.61 Å². The average Bonchev–Trinajstić information content (AvgIpc) is 2.52. The second kappa shape index (κ2) is 7.36. The molecule has 9 heteroatoms. The van der Waals surface area contributed by atoms with E-state index in [0.717, 1.165) is 0 Å². The number of carbonyl (C=O) groups excluding carboxylic acids is 1. The number of ether oxygens (including phenoxy) is 1. The quantitative estimate of drug-likeness (QED) is 0.606. The second-order valence-electron chi connectivity index (χ2n) is 4.86. The first kappa shape index (κ1) is 17.1. The van der Waals surface area contributed by atoms with Gasteiger partial charge in [0.05, 0.1) is 21.9 Å². The lowest BCUT2D eigenvalue weighted by molar-refractivity contribution is -0.385. The Morgan fingerprint density at radius 2 is 2.08 bits per heavy atom. The lowest BCUT2D eigenvalue weighted by atomic mass is 10.1. The van der Waals surface area contributed by atoms with Crippen LogP contribution in [-0.4, -0.2) is 27.3 Å². The Morgan fingerprint density at radius 3 is 2.75 bits per heavy atom. The molecular weight excluding hydrogens is 314 g/mol. The third-order valence-electron chi connectivity index (χ3n) is 3.17. The van der Waals surface area contributed by atoms with Crippen LogP contribution in [0.1, 0.15) is 28.7 Å². The summed E-state index contributed by atoms with van der Waals surface area (Å²) in [5.41, 5.74) is 6.39. The van der Waals surface area contributed by atoms with Crippen molar-refractivity contribution in [3.05, 3.63) is 51.3 Å². The van der Waals surface area contributed by atoms with Gasteiger partial charge in [-0.1, -0.05) is 12.1 Å². The summed E-state index contributed by atoms with van der Waals surface area (Å²) in [5, 5.41) is 13.7. The van der Waals surface area contributed by atoms with Crippen molar-refractivity contribution in [1.29, 1.82) is 0 Å². The average molecular weight is 331 g/mol. The smallest absolute Gasteiger partial charge is 0.310 e. The number of nitrogens with one attached hydrogen (secondary N) is 1. The third-order valence-corrected chi connectivity index (χ3v) is 3.17. The van der Waals surface area contributed by atoms with Crippen LogP contribution in [0.2, 0.25) is 0 Å². The Balaban J connectivity index is 2.33. The van der Waals surface area contributed by atoms with Gasteiger partial charge in [0.25, 0.3) is 5.91 Å². The van der Waals surface area contributed by atoms with Crippen LogP contribution in [0, 0.1) is 17.0 Å². The summed E-state index contributed by atoms with van der Waals surface area (Å²) in [6.07, 6.45) is 0. The topological polar surface area (TPSA) is 133 Å². The van der Waals surface area contributed by atoms with E-state index in [1.54, 1.807) is 19.9 Å². The lowest BCUT2D eigenvalue weighted by Gasteiger charge is -2.12. The van der Waals surface area contributed by atoms with Gasteiger partial charge in [0.2, 0.25) is 5.95 Å². The SMILES string of the molecule is CCNC(=O)c1c(C)nc(N)nc1COc1ccccc1[N+](=O)[O-]. The molecule has 0 spiro atoms. The van der Waals surface area contributed by atoms with Gasteiger partial charge >= 0.3 is 5.69 Å². The van der Waals surface area contributed by atoms with Crippen molar-refractivity contribution in [2.75, 3.05) is 12.3 Å². The highest BCUT2D eigenvalue weighted by Crippen LogP contribution is 2.27. The first-order chi connectivity index (χ1) is 11.4. The van der Waals surface area contributed by atoms with E-state index in [1.807, 2.05) is 0 Å². The molecule has 0 bridgehead atoms. The van der Waals surface area contributed by atoms with E-state index in [9.17, 15) is 14.9 Å². The van der Waals surface area contributed by atoms with Gasteiger partial charge in [-0.25, -0.2) is 9.97 Å². The number of nitrogens with two attached hydrogens (primary N) is 1. The molecule has 0 aliphatic carbocycles. The molecule has 0 aliphatic rings. The van der Waals surface area contributed by atoms with Gasteiger partial charge in [-0.2, -0.15) is 0 Å². The zero-order valence-corrected chi connectivity index (χ0v) is 13.3. The highest BCUT2D eigenvalue weighted by atomic mass is 16.6. The minimum Gasteiger partial charge on any atom is -0.480 e. The number of nitrogen functional groups attached to an aromatic ring is 1. The summed E-state index contributed by atoms with van der Waals surface area (Å²) in [5.74, 6) is -0.267. The van der Waals surface area contributed by atoms with Gasteiger partial charge in [-0.15, -0.1) is 0 Å². The molecule has 0 unspecified atom stereocenters. The Labute approximate surface area is 138 Å². The van der Waals surface area contributed by atoms with Crippen LogP contribution in [0.3, 0.4) is 0 Å². The molecule has 1 heterocycles. The molecule has 1 aromatic heterocycles. The molecular formula is C15H17N5O4. The van der Waals surface area contributed by atoms with Crippen molar-refractivity contribution in [2.45, 2.75) is 20.5 Å². The molecule has 1 amide bonds. The van der Waals surface area contributed by atoms with Crippen molar-refractivity contribution in [1.82, 2.24) is 15.3 Å². The van der Waals surface area contributed by atoms with Gasteiger partial charge in [-0.05, 0) is 19.9 Å². The number of anilines is 1. The fraction of sp³-hybridized carbons (Fsp3) is 0.267. The zero-order valence-electron chi connectivity index (χ0n) is 13.3. The summed E-state index contributed by atoms with van der Waals surface area (Å²) in [6, 6.07) is 5.96. The van der Waals surface area contributed by atoms with E-state index in [-0.39, 0.29) is 41.2 Å². The standard InChI is InChI=1S/C15H17N5O4/c1-3-17-14(21)13-9(2)18-15(16)19-10(13)8-24-12-7-5-4-6-11(12)20(22)23/h4-7H,3,8H2,1-2H3,(H,17,21)(H2,16,18,19). The Morgan fingerprint density at radius 1 is 1.38 bits per heavy atom. The number of nitro groups is 1. The van der Waals surface area contributed by atoms with E-state index in [2.05, 4.69) is 15.3 Å². The molecule has 1 aromatic carbocycles. The Bertz CT molecular complexity index is 778. The van der Waals surface area contributed by atoms with Crippen LogP contribution in [0.4, 0.5) is 11.6 Å². The summed E-state index contributed by atoms with van der Waals surface area (Å²) >= 11 is 0. The van der Waals surface area contributed by atoms with E-state index in [0.29, 0.717) is 12.2 Å². The fourth-order valence-electron chi connectivity index (χ4n) is 2.18. The number of rotatable bonds is 6. The first-order valence-corrected chi connectivity index (χ1v) is 7.21. The summed E-state index contributed by atoms with van der Waals surface area (Å²) < 4.78 is 5.50. The highest BCUT2D eigenvalue weighted by Gasteiger charge is 2.20. The molecule has 0 atom stereocenters. The van der Waals surface area contributed by atoms with E-state index < -0.39 is 4.92 Å². The molecule has 126 valence electrons. The van der Waals surface area contributed by atoms with Gasteiger partial charge < -0.3 is 15.8 Å². The van der Waals surface area contributed by atoms with Gasteiger partial charge in [0.1, 0.15) is 6.61 Å². The van der Waals surface area contributed by atoms with Gasteiger partial charge in [0.15, 0.2) is 5.75 Å². The van der Waals surface area contributed by atoms with Crippen molar-refractivity contribution in [2.24, 2.45) is 0 Å². The molecule has 0 radical (unpaired) electrons. The maximum Gasteiger partial charge on any atom is 0.310 e. The highest BCUT2D eigenvalue weighted by molar-refractivity contribution is 5.96. The zero-order chi connectivity index (χ0) is 17.7.